The summed E-state index contributed by atoms with van der Waals surface area (Å²) in [5.74, 6) is -0.549. The number of nitrogens with zero attached hydrogens (tertiary/aromatic N) is 2. The molecule has 170 valence electrons. The summed E-state index contributed by atoms with van der Waals surface area (Å²) < 4.78 is 34.0. The summed E-state index contributed by atoms with van der Waals surface area (Å²) in [4.78, 5) is 21.8. The minimum atomic E-state index is -4.02. The van der Waals surface area contributed by atoms with Gasteiger partial charge < -0.3 is 10.1 Å². The van der Waals surface area contributed by atoms with Crippen molar-refractivity contribution in [1.29, 1.82) is 0 Å². The van der Waals surface area contributed by atoms with Crippen LogP contribution in [0.1, 0.15) is 20.9 Å². The first-order valence-corrected chi connectivity index (χ1v) is 13.0. The Hall–Kier alpha value is -3.28. The molecule has 8 nitrogen and oxygen atoms in total. The minimum Gasteiger partial charge on any atom is -0.480 e. The maximum Gasteiger partial charge on any atom is 0.275 e. The van der Waals surface area contributed by atoms with Crippen LogP contribution in [0.2, 0.25) is 0 Å². The molecule has 11 heteroatoms. The average Bonchev–Trinajstić information content (AvgIpc) is 3.43. The maximum absolute atomic E-state index is 13.1. The molecule has 0 unspecified atom stereocenters. The number of ether oxygens (including phenoxy) is 1. The molecule has 0 atom stereocenters. The van der Waals surface area contributed by atoms with Crippen LogP contribution in [0.15, 0.2) is 58.3 Å². The molecule has 0 spiro atoms. The molecule has 0 aliphatic carbocycles. The Labute approximate surface area is 199 Å². The fourth-order valence-corrected chi connectivity index (χ4v) is 6.06. The standard InChI is InChI=1S/C22H20N4O4S3/c1-13-11-31-14(2)19(13)26-33(28,29)18-9-16(10-23-21(18)30-3)24-20(27)17-12-32-22(25-17)15-7-5-4-6-8-15/h4-12,26H,1-3H3,(H,24,27). The van der Waals surface area contributed by atoms with E-state index in [0.29, 0.717) is 10.7 Å². The van der Waals surface area contributed by atoms with Crippen molar-refractivity contribution >= 4 is 50.0 Å². The van der Waals surface area contributed by atoms with Crippen LogP contribution in [0.4, 0.5) is 11.4 Å². The van der Waals surface area contributed by atoms with E-state index in [-0.39, 0.29) is 22.2 Å². The van der Waals surface area contributed by atoms with E-state index in [9.17, 15) is 13.2 Å². The number of aromatic nitrogens is 2. The lowest BCUT2D eigenvalue weighted by molar-refractivity contribution is 0.102. The number of nitrogens with one attached hydrogen (secondary N) is 2. The number of hydrogen-bond donors (Lipinski definition) is 2. The van der Waals surface area contributed by atoms with Crippen molar-refractivity contribution in [1.82, 2.24) is 9.97 Å². The lowest BCUT2D eigenvalue weighted by Gasteiger charge is -2.13. The van der Waals surface area contributed by atoms with Crippen LogP contribution in [-0.2, 0) is 10.0 Å². The number of rotatable bonds is 7. The lowest BCUT2D eigenvalue weighted by atomic mass is 10.2. The van der Waals surface area contributed by atoms with Gasteiger partial charge in [-0.3, -0.25) is 9.52 Å². The second kappa shape index (κ2) is 9.30. The third-order valence-electron chi connectivity index (χ3n) is 4.71. The van der Waals surface area contributed by atoms with Crippen LogP contribution in [0.25, 0.3) is 10.6 Å². The Morgan fingerprint density at radius 2 is 1.85 bits per heavy atom. The number of carbonyl (C=O) groups is 1. The highest BCUT2D eigenvalue weighted by Crippen LogP contribution is 2.32. The number of sulfonamides is 1. The van der Waals surface area contributed by atoms with Crippen LogP contribution >= 0.6 is 22.7 Å². The van der Waals surface area contributed by atoms with Gasteiger partial charge in [0.05, 0.1) is 24.7 Å². The van der Waals surface area contributed by atoms with Crippen molar-refractivity contribution in [2.45, 2.75) is 18.7 Å². The predicted molar refractivity (Wildman–Crippen MR) is 131 cm³/mol. The molecule has 1 amide bonds. The highest BCUT2D eigenvalue weighted by molar-refractivity contribution is 7.92. The number of hydrogen-bond acceptors (Lipinski definition) is 8. The highest BCUT2D eigenvalue weighted by atomic mass is 32.2. The lowest BCUT2D eigenvalue weighted by Crippen LogP contribution is -2.17. The van der Waals surface area contributed by atoms with Crippen molar-refractivity contribution in [2.24, 2.45) is 0 Å². The van der Waals surface area contributed by atoms with E-state index >= 15 is 0 Å². The predicted octanol–water partition coefficient (Wildman–Crippen LogP) is 4.95. The third-order valence-corrected chi connectivity index (χ3v) is 7.98. The Bertz CT molecular complexity index is 1390. The Kier molecular flexibility index (Phi) is 6.45. The summed E-state index contributed by atoms with van der Waals surface area (Å²) in [6.07, 6.45) is 1.33. The van der Waals surface area contributed by atoms with E-state index in [1.54, 1.807) is 5.38 Å². The fraction of sp³-hybridized carbons (Fsp3) is 0.136. The normalized spacial score (nSPS) is 11.2. The van der Waals surface area contributed by atoms with Crippen LogP contribution in [0.3, 0.4) is 0 Å². The summed E-state index contributed by atoms with van der Waals surface area (Å²) in [6, 6.07) is 10.8. The largest absolute Gasteiger partial charge is 0.480 e. The van der Waals surface area contributed by atoms with Gasteiger partial charge in [0.2, 0.25) is 5.88 Å². The molecule has 0 aliphatic rings. The number of thiophene rings is 1. The average molecular weight is 501 g/mol. The van der Waals surface area contributed by atoms with E-state index in [4.69, 9.17) is 4.74 Å². The monoisotopic (exact) mass is 500 g/mol. The first-order valence-electron chi connectivity index (χ1n) is 9.72. The SMILES string of the molecule is COc1ncc(NC(=O)c2csc(-c3ccccc3)n2)cc1S(=O)(=O)Nc1c(C)csc1C. The molecule has 3 aromatic heterocycles. The van der Waals surface area contributed by atoms with Gasteiger partial charge >= 0.3 is 0 Å². The molecule has 1 aromatic carbocycles. The fourth-order valence-electron chi connectivity index (χ4n) is 3.05. The number of aryl methyl sites for hydroxylation is 2. The summed E-state index contributed by atoms with van der Waals surface area (Å²) in [6.45, 7) is 3.66. The van der Waals surface area contributed by atoms with E-state index in [1.165, 1.54) is 42.0 Å². The second-order valence-corrected chi connectivity index (χ2v) is 10.6. The van der Waals surface area contributed by atoms with Crippen molar-refractivity contribution in [2.75, 3.05) is 17.1 Å². The zero-order valence-electron chi connectivity index (χ0n) is 17.9. The van der Waals surface area contributed by atoms with E-state index in [0.717, 1.165) is 16.0 Å². The molecule has 0 fully saturated rings. The van der Waals surface area contributed by atoms with Crippen molar-refractivity contribution < 1.29 is 17.9 Å². The molecule has 4 rings (SSSR count). The summed E-state index contributed by atoms with van der Waals surface area (Å²) in [7, 11) is -2.69. The maximum atomic E-state index is 13.1. The van der Waals surface area contributed by atoms with Crippen LogP contribution < -0.4 is 14.8 Å². The number of carbonyl (C=O) groups excluding carboxylic acids is 1. The van der Waals surface area contributed by atoms with Gasteiger partial charge in [0.1, 0.15) is 10.7 Å². The second-order valence-electron chi connectivity index (χ2n) is 7.04. The Morgan fingerprint density at radius 3 is 2.52 bits per heavy atom. The first kappa shape index (κ1) is 22.9. The summed E-state index contributed by atoms with van der Waals surface area (Å²) >= 11 is 2.80. The van der Waals surface area contributed by atoms with Crippen LogP contribution in [-0.4, -0.2) is 31.4 Å². The molecule has 0 aliphatic heterocycles. The van der Waals surface area contributed by atoms with Gasteiger partial charge in [0.25, 0.3) is 15.9 Å². The Balaban J connectivity index is 1.59. The number of amides is 1. The highest BCUT2D eigenvalue weighted by Gasteiger charge is 2.24. The van der Waals surface area contributed by atoms with Crippen molar-refractivity contribution in [3.63, 3.8) is 0 Å². The molecular formula is C22H20N4O4S3. The first-order chi connectivity index (χ1) is 15.8. The minimum absolute atomic E-state index is 0.0777. The molecule has 0 radical (unpaired) electrons. The quantitative estimate of drug-likeness (QED) is 0.372. The zero-order chi connectivity index (χ0) is 23.6. The molecule has 2 N–H and O–H groups in total. The van der Waals surface area contributed by atoms with Crippen LogP contribution in [0, 0.1) is 13.8 Å². The number of thiazole rings is 1. The van der Waals surface area contributed by atoms with E-state index < -0.39 is 15.9 Å². The molecule has 3 heterocycles. The zero-order valence-corrected chi connectivity index (χ0v) is 20.4. The van der Waals surface area contributed by atoms with E-state index in [2.05, 4.69) is 20.0 Å². The molecule has 4 aromatic rings. The summed E-state index contributed by atoms with van der Waals surface area (Å²) in [5, 5.41) is 6.90. The Morgan fingerprint density at radius 1 is 1.09 bits per heavy atom. The van der Waals surface area contributed by atoms with Crippen molar-refractivity contribution in [3.05, 3.63) is 69.5 Å². The summed E-state index contributed by atoms with van der Waals surface area (Å²) in [5.41, 5.74) is 2.67. The van der Waals surface area contributed by atoms with Gasteiger partial charge in [0, 0.05) is 15.8 Å². The van der Waals surface area contributed by atoms with Gasteiger partial charge in [-0.1, -0.05) is 30.3 Å². The molecule has 0 bridgehead atoms. The van der Waals surface area contributed by atoms with Gasteiger partial charge in [-0.25, -0.2) is 18.4 Å². The number of pyridine rings is 1. The molecular weight excluding hydrogens is 480 g/mol. The van der Waals surface area contributed by atoms with Gasteiger partial charge in [-0.15, -0.1) is 22.7 Å². The number of benzene rings is 1. The van der Waals surface area contributed by atoms with Crippen LogP contribution in [0.5, 0.6) is 5.88 Å². The molecule has 0 saturated heterocycles. The smallest absolute Gasteiger partial charge is 0.275 e. The molecule has 0 saturated carbocycles. The number of methoxy groups -OCH3 is 1. The topological polar surface area (TPSA) is 110 Å². The van der Waals surface area contributed by atoms with Gasteiger partial charge in [0.15, 0.2) is 4.90 Å². The molecule has 33 heavy (non-hydrogen) atoms. The third kappa shape index (κ3) is 4.90. The number of anilines is 2. The van der Waals surface area contributed by atoms with Gasteiger partial charge in [-0.05, 0) is 30.9 Å². The van der Waals surface area contributed by atoms with Gasteiger partial charge in [-0.2, -0.15) is 0 Å². The van der Waals surface area contributed by atoms with E-state index in [1.807, 2.05) is 49.6 Å². The van der Waals surface area contributed by atoms with Crippen molar-refractivity contribution in [3.8, 4) is 16.5 Å².